The molecule has 44 heavy (non-hydrogen) atoms. The Labute approximate surface area is 260 Å². The summed E-state index contributed by atoms with van der Waals surface area (Å²) in [6, 6.07) is 33.6. The molecule has 224 valence electrons. The Morgan fingerprint density at radius 2 is 1.59 bits per heavy atom. The summed E-state index contributed by atoms with van der Waals surface area (Å²) in [7, 11) is 1.35. The first-order chi connectivity index (χ1) is 21.5. The third-order valence-corrected chi connectivity index (χ3v) is 8.00. The number of hydrogen-bond donors (Lipinski definition) is 1. The van der Waals surface area contributed by atoms with Crippen molar-refractivity contribution in [2.24, 2.45) is 0 Å². The lowest BCUT2D eigenvalue weighted by Gasteiger charge is -2.24. The van der Waals surface area contributed by atoms with Crippen LogP contribution >= 0.6 is 11.3 Å². The van der Waals surface area contributed by atoms with Gasteiger partial charge in [0.1, 0.15) is 24.2 Å². The Morgan fingerprint density at radius 3 is 2.30 bits per heavy atom. The zero-order chi connectivity index (χ0) is 30.7. The second kappa shape index (κ2) is 15.0. The first kappa shape index (κ1) is 30.5. The number of ether oxygens (including phenoxy) is 2. The van der Waals surface area contributed by atoms with Crippen molar-refractivity contribution in [3.8, 4) is 5.75 Å². The summed E-state index contributed by atoms with van der Waals surface area (Å²) in [4.78, 5) is 29.3. The van der Waals surface area contributed by atoms with Crippen molar-refractivity contribution in [3.05, 3.63) is 148 Å². The van der Waals surface area contributed by atoms with Crippen LogP contribution in [0.3, 0.4) is 0 Å². The molecule has 1 atom stereocenters. The fourth-order valence-electron chi connectivity index (χ4n) is 4.85. The van der Waals surface area contributed by atoms with E-state index in [4.69, 9.17) is 9.47 Å². The van der Waals surface area contributed by atoms with Crippen LogP contribution in [0.1, 0.15) is 26.4 Å². The number of nitrogens with zero attached hydrogens (tertiary/aromatic N) is 1. The quantitative estimate of drug-likeness (QED) is 0.105. The van der Waals surface area contributed by atoms with E-state index in [9.17, 15) is 14.0 Å². The van der Waals surface area contributed by atoms with Gasteiger partial charge in [-0.2, -0.15) is 0 Å². The number of para-hydroxylation sites is 1. The van der Waals surface area contributed by atoms with Crippen LogP contribution in [-0.4, -0.2) is 38.1 Å². The number of halogens is 1. The molecule has 1 aromatic heterocycles. The van der Waals surface area contributed by atoms with Gasteiger partial charge < -0.3 is 19.7 Å². The maximum absolute atomic E-state index is 13.5. The van der Waals surface area contributed by atoms with E-state index in [0.29, 0.717) is 48.7 Å². The van der Waals surface area contributed by atoms with Crippen molar-refractivity contribution in [1.82, 2.24) is 0 Å². The van der Waals surface area contributed by atoms with Gasteiger partial charge in [-0.3, -0.25) is 4.79 Å². The Morgan fingerprint density at radius 1 is 0.864 bits per heavy atom. The van der Waals surface area contributed by atoms with Crippen LogP contribution in [0, 0.1) is 5.82 Å². The molecule has 0 spiro atoms. The Balaban J connectivity index is 1.22. The predicted molar refractivity (Wildman–Crippen MR) is 173 cm³/mol. The summed E-state index contributed by atoms with van der Waals surface area (Å²) in [5, 5.41) is 5.28. The Bertz CT molecular complexity index is 1640. The first-order valence-electron chi connectivity index (χ1n) is 14.3. The lowest BCUT2D eigenvalue weighted by molar-refractivity contribution is -0.141. The van der Waals surface area contributed by atoms with Crippen LogP contribution in [0.4, 0.5) is 15.8 Å². The highest BCUT2D eigenvalue weighted by molar-refractivity contribution is 7.09. The van der Waals surface area contributed by atoms with Crippen molar-refractivity contribution in [1.29, 1.82) is 0 Å². The average molecular weight is 609 g/mol. The highest BCUT2D eigenvalue weighted by Gasteiger charge is 2.22. The van der Waals surface area contributed by atoms with Gasteiger partial charge in [-0.05, 0) is 65.5 Å². The smallest absolute Gasteiger partial charge is 0.328 e. The number of carbonyl (C=O) groups excluding carboxylic acids is 2. The van der Waals surface area contributed by atoms with Gasteiger partial charge >= 0.3 is 5.97 Å². The monoisotopic (exact) mass is 608 g/mol. The molecular formula is C36H33FN2O4S. The predicted octanol–water partition coefficient (Wildman–Crippen LogP) is 7.40. The first-order valence-corrected chi connectivity index (χ1v) is 15.2. The molecule has 8 heteroatoms. The molecule has 0 amide bonds. The Kier molecular flexibility index (Phi) is 10.4. The standard InChI is InChI=1S/C36H33FN2O4S/c1-42-36(41)34(38-33-12-6-5-11-32(33)35(40)27-8-3-2-4-9-27)24-26-13-19-30(20-14-26)43-22-21-39(25-31-10-7-23-44-31)29-17-15-28(37)16-18-29/h2-20,23,34,38H,21-22,24-25H2,1H3/t34-/m0/s1. The number of ketones is 1. The molecule has 1 N–H and O–H groups in total. The minimum absolute atomic E-state index is 0.132. The van der Waals surface area contributed by atoms with Crippen LogP contribution < -0.4 is 15.0 Å². The third-order valence-electron chi connectivity index (χ3n) is 7.13. The van der Waals surface area contributed by atoms with Crippen LogP contribution in [-0.2, 0) is 22.5 Å². The van der Waals surface area contributed by atoms with Crippen LogP contribution in [0.15, 0.2) is 121 Å². The highest BCUT2D eigenvalue weighted by atomic mass is 32.1. The molecule has 0 bridgehead atoms. The van der Waals surface area contributed by atoms with Gasteiger partial charge in [0.05, 0.1) is 20.2 Å². The molecule has 6 nitrogen and oxygen atoms in total. The lowest BCUT2D eigenvalue weighted by atomic mass is 10.00. The third kappa shape index (κ3) is 8.11. The van der Waals surface area contributed by atoms with Gasteiger partial charge in [0.15, 0.2) is 5.78 Å². The van der Waals surface area contributed by atoms with Gasteiger partial charge in [0, 0.05) is 33.8 Å². The highest BCUT2D eigenvalue weighted by Crippen LogP contribution is 2.23. The van der Waals surface area contributed by atoms with Crippen molar-refractivity contribution < 1.29 is 23.5 Å². The van der Waals surface area contributed by atoms with E-state index >= 15 is 0 Å². The van der Waals surface area contributed by atoms with E-state index in [1.165, 1.54) is 24.1 Å². The summed E-state index contributed by atoms with van der Waals surface area (Å²) in [6.07, 6.45) is 0.347. The fraction of sp³-hybridized carbons (Fsp3) is 0.167. The molecule has 0 unspecified atom stereocenters. The second-order valence-corrected chi connectivity index (χ2v) is 11.2. The van der Waals surface area contributed by atoms with Crippen molar-refractivity contribution in [3.63, 3.8) is 0 Å². The van der Waals surface area contributed by atoms with Gasteiger partial charge in [0.25, 0.3) is 0 Å². The molecule has 0 radical (unpaired) electrons. The van der Waals surface area contributed by atoms with Gasteiger partial charge in [-0.15, -0.1) is 11.3 Å². The SMILES string of the molecule is COC(=O)[C@H](Cc1ccc(OCCN(Cc2cccs2)c2ccc(F)cc2)cc1)Nc1ccccc1C(=O)c1ccccc1. The molecule has 0 aliphatic rings. The molecule has 5 rings (SSSR count). The summed E-state index contributed by atoms with van der Waals surface area (Å²) in [5.41, 5.74) is 3.43. The molecule has 1 heterocycles. The molecule has 0 aliphatic heterocycles. The number of hydrogen-bond acceptors (Lipinski definition) is 7. The van der Waals surface area contributed by atoms with Crippen molar-refractivity contribution in [2.45, 2.75) is 19.0 Å². The maximum Gasteiger partial charge on any atom is 0.328 e. The van der Waals surface area contributed by atoms with E-state index < -0.39 is 12.0 Å². The number of methoxy groups -OCH3 is 1. The largest absolute Gasteiger partial charge is 0.492 e. The number of carbonyl (C=O) groups is 2. The number of anilines is 2. The molecule has 0 saturated carbocycles. The zero-order valence-electron chi connectivity index (χ0n) is 24.3. The molecule has 0 saturated heterocycles. The van der Waals surface area contributed by atoms with E-state index in [2.05, 4.69) is 16.3 Å². The fourth-order valence-corrected chi connectivity index (χ4v) is 5.57. The number of esters is 1. The van der Waals surface area contributed by atoms with Crippen LogP contribution in [0.25, 0.3) is 0 Å². The van der Waals surface area contributed by atoms with Crippen molar-refractivity contribution >= 4 is 34.5 Å². The minimum Gasteiger partial charge on any atom is -0.492 e. The second-order valence-electron chi connectivity index (χ2n) is 10.1. The van der Waals surface area contributed by atoms with E-state index in [-0.39, 0.29) is 11.6 Å². The van der Waals surface area contributed by atoms with E-state index in [0.717, 1.165) is 11.3 Å². The van der Waals surface area contributed by atoms with Crippen LogP contribution in [0.5, 0.6) is 5.75 Å². The number of rotatable bonds is 14. The molecular weight excluding hydrogens is 575 g/mol. The maximum atomic E-state index is 13.5. The zero-order valence-corrected chi connectivity index (χ0v) is 25.1. The summed E-state index contributed by atoms with van der Waals surface area (Å²) < 4.78 is 24.7. The number of benzene rings is 4. The summed E-state index contributed by atoms with van der Waals surface area (Å²) in [5.74, 6) is -0.132. The molecule has 0 fully saturated rings. The van der Waals surface area contributed by atoms with Gasteiger partial charge in [0.2, 0.25) is 0 Å². The van der Waals surface area contributed by atoms with E-state index in [1.807, 2.05) is 60.0 Å². The topological polar surface area (TPSA) is 67.9 Å². The Hall–Kier alpha value is -4.95. The lowest BCUT2D eigenvalue weighted by Crippen LogP contribution is -2.33. The van der Waals surface area contributed by atoms with Crippen molar-refractivity contribution in [2.75, 3.05) is 30.5 Å². The minimum atomic E-state index is -0.710. The molecule has 5 aromatic rings. The van der Waals surface area contributed by atoms with Gasteiger partial charge in [-0.25, -0.2) is 9.18 Å². The molecule has 4 aromatic carbocycles. The number of thiophene rings is 1. The summed E-state index contributed by atoms with van der Waals surface area (Å²) in [6.45, 7) is 1.75. The number of nitrogens with one attached hydrogen (secondary N) is 1. The normalized spacial score (nSPS) is 11.4. The van der Waals surface area contributed by atoms with Gasteiger partial charge in [-0.1, -0.05) is 60.7 Å². The summed E-state index contributed by atoms with van der Waals surface area (Å²) >= 11 is 1.68. The molecule has 0 aliphatic carbocycles. The average Bonchev–Trinajstić information content (AvgIpc) is 3.58. The van der Waals surface area contributed by atoms with E-state index in [1.54, 1.807) is 53.8 Å². The van der Waals surface area contributed by atoms with Crippen LogP contribution in [0.2, 0.25) is 0 Å².